The summed E-state index contributed by atoms with van der Waals surface area (Å²) in [4.78, 5) is 0. The zero-order chi connectivity index (χ0) is 13.6. The van der Waals surface area contributed by atoms with Crippen molar-refractivity contribution in [3.63, 3.8) is 0 Å². The highest BCUT2D eigenvalue weighted by atomic mass is 32.2. The van der Waals surface area contributed by atoms with Gasteiger partial charge in [-0.2, -0.15) is 11.8 Å². The fourth-order valence-electron chi connectivity index (χ4n) is 1.46. The van der Waals surface area contributed by atoms with Crippen molar-refractivity contribution in [2.24, 2.45) is 0 Å². The Bertz CT molecular complexity index is 457. The van der Waals surface area contributed by atoms with E-state index >= 15 is 0 Å². The van der Waals surface area contributed by atoms with Crippen LogP contribution in [-0.2, 0) is 16.6 Å². The highest BCUT2D eigenvalue weighted by Crippen LogP contribution is 2.20. The number of thiophene rings is 1. The fraction of sp³-hybridized carbons (Fsp3) is 0.636. The maximum Gasteiger partial charge on any atom is 0.250 e. The van der Waals surface area contributed by atoms with Crippen LogP contribution in [-0.4, -0.2) is 33.0 Å². The largest absolute Gasteiger partial charge is 0.313 e. The van der Waals surface area contributed by atoms with Gasteiger partial charge < -0.3 is 5.32 Å². The van der Waals surface area contributed by atoms with E-state index in [0.717, 1.165) is 17.9 Å². The van der Waals surface area contributed by atoms with E-state index in [1.54, 1.807) is 17.8 Å². The quantitative estimate of drug-likeness (QED) is 0.770. The molecule has 0 radical (unpaired) electrons. The average Bonchev–Trinajstić information content (AvgIpc) is 2.75. The molecule has 0 aliphatic heterocycles. The summed E-state index contributed by atoms with van der Waals surface area (Å²) in [7, 11) is -3.36. The third-order valence-electron chi connectivity index (χ3n) is 2.25. The van der Waals surface area contributed by atoms with Gasteiger partial charge in [-0.15, -0.1) is 11.3 Å². The van der Waals surface area contributed by atoms with Gasteiger partial charge in [-0.05, 0) is 36.7 Å². The molecular formula is C11H20N2O2S3. The molecule has 1 aromatic heterocycles. The van der Waals surface area contributed by atoms with E-state index in [9.17, 15) is 8.42 Å². The lowest BCUT2D eigenvalue weighted by Crippen LogP contribution is -2.33. The van der Waals surface area contributed by atoms with Crippen LogP contribution in [0, 0.1) is 0 Å². The SMILES string of the molecule is CCNCc1csc(S(=O)(=O)NC(C)CSC)c1. The van der Waals surface area contributed by atoms with Crippen LogP contribution >= 0.6 is 23.1 Å². The normalized spacial score (nSPS) is 13.7. The predicted molar refractivity (Wildman–Crippen MR) is 79.9 cm³/mol. The summed E-state index contributed by atoms with van der Waals surface area (Å²) in [6.45, 7) is 5.49. The van der Waals surface area contributed by atoms with Crippen molar-refractivity contribution in [1.82, 2.24) is 10.0 Å². The maximum absolute atomic E-state index is 12.1. The first-order valence-electron chi connectivity index (χ1n) is 5.79. The minimum Gasteiger partial charge on any atom is -0.313 e. The third-order valence-corrected chi connectivity index (χ3v) is 6.16. The van der Waals surface area contributed by atoms with Gasteiger partial charge in [-0.1, -0.05) is 6.92 Å². The Morgan fingerprint density at radius 2 is 2.22 bits per heavy atom. The first-order chi connectivity index (χ1) is 8.49. The molecular weight excluding hydrogens is 288 g/mol. The van der Waals surface area contributed by atoms with Crippen LogP contribution in [0.5, 0.6) is 0 Å². The second-order valence-corrected chi connectivity index (χ2v) is 7.79. The summed E-state index contributed by atoms with van der Waals surface area (Å²) in [5.41, 5.74) is 1.01. The van der Waals surface area contributed by atoms with E-state index in [0.29, 0.717) is 10.8 Å². The molecule has 0 saturated heterocycles. The summed E-state index contributed by atoms with van der Waals surface area (Å²) in [5.74, 6) is 0.773. The predicted octanol–water partition coefficient (Wildman–Crippen LogP) is 1.89. The van der Waals surface area contributed by atoms with Crippen molar-refractivity contribution >= 4 is 33.1 Å². The maximum atomic E-state index is 12.1. The fourth-order valence-corrected chi connectivity index (χ4v) is 4.62. The number of rotatable bonds is 8. The standard InChI is InChI=1S/C11H20N2O2S3/c1-4-12-6-10-5-11(17-8-10)18(14,15)13-9(2)7-16-3/h5,8-9,12-13H,4,6-7H2,1-3H3. The molecule has 104 valence electrons. The van der Waals surface area contributed by atoms with Gasteiger partial charge in [0, 0.05) is 18.3 Å². The van der Waals surface area contributed by atoms with Crippen molar-refractivity contribution in [3.8, 4) is 0 Å². The van der Waals surface area contributed by atoms with Gasteiger partial charge in [0.05, 0.1) is 0 Å². The lowest BCUT2D eigenvalue weighted by molar-refractivity contribution is 0.573. The van der Waals surface area contributed by atoms with Crippen molar-refractivity contribution in [2.45, 2.75) is 30.6 Å². The Morgan fingerprint density at radius 3 is 2.83 bits per heavy atom. The summed E-state index contributed by atoms with van der Waals surface area (Å²) in [6.07, 6.45) is 1.96. The van der Waals surface area contributed by atoms with Gasteiger partial charge in [0.15, 0.2) is 0 Å². The topological polar surface area (TPSA) is 58.2 Å². The monoisotopic (exact) mass is 308 g/mol. The number of sulfonamides is 1. The van der Waals surface area contributed by atoms with Gasteiger partial charge in [-0.3, -0.25) is 0 Å². The molecule has 1 atom stereocenters. The number of hydrogen-bond acceptors (Lipinski definition) is 5. The van der Waals surface area contributed by atoms with Crippen LogP contribution in [0.25, 0.3) is 0 Å². The van der Waals surface area contributed by atoms with E-state index in [4.69, 9.17) is 0 Å². The van der Waals surface area contributed by atoms with E-state index in [-0.39, 0.29) is 6.04 Å². The second-order valence-electron chi connectivity index (χ2n) is 4.03. The highest BCUT2D eigenvalue weighted by Gasteiger charge is 2.19. The Hall–Kier alpha value is -0.0800. The van der Waals surface area contributed by atoms with E-state index in [1.165, 1.54) is 11.3 Å². The van der Waals surface area contributed by atoms with Crippen LogP contribution in [0.4, 0.5) is 0 Å². The zero-order valence-electron chi connectivity index (χ0n) is 10.9. The Morgan fingerprint density at radius 1 is 1.50 bits per heavy atom. The van der Waals surface area contributed by atoms with Crippen LogP contribution in [0.3, 0.4) is 0 Å². The van der Waals surface area contributed by atoms with Gasteiger partial charge >= 0.3 is 0 Å². The molecule has 0 fully saturated rings. The highest BCUT2D eigenvalue weighted by molar-refractivity contribution is 7.98. The van der Waals surface area contributed by atoms with Crippen LogP contribution < -0.4 is 10.0 Å². The first-order valence-corrected chi connectivity index (χ1v) is 9.54. The lowest BCUT2D eigenvalue weighted by Gasteiger charge is -2.11. The van der Waals surface area contributed by atoms with E-state index in [2.05, 4.69) is 10.0 Å². The number of hydrogen-bond donors (Lipinski definition) is 2. The van der Waals surface area contributed by atoms with Gasteiger partial charge in [0.25, 0.3) is 0 Å². The molecule has 0 spiro atoms. The first kappa shape index (κ1) is 16.0. The minimum atomic E-state index is -3.36. The van der Waals surface area contributed by atoms with Crippen molar-refractivity contribution in [1.29, 1.82) is 0 Å². The molecule has 0 amide bonds. The molecule has 0 saturated carbocycles. The van der Waals surface area contributed by atoms with Crippen LogP contribution in [0.1, 0.15) is 19.4 Å². The summed E-state index contributed by atoms with van der Waals surface area (Å²) < 4.78 is 27.2. The molecule has 1 unspecified atom stereocenters. The average molecular weight is 308 g/mol. The van der Waals surface area contributed by atoms with Gasteiger partial charge in [-0.25, -0.2) is 13.1 Å². The molecule has 1 rings (SSSR count). The summed E-state index contributed by atoms with van der Waals surface area (Å²) in [6, 6.07) is 1.69. The zero-order valence-corrected chi connectivity index (χ0v) is 13.3. The third kappa shape index (κ3) is 4.89. The van der Waals surface area contributed by atoms with Gasteiger partial charge in [0.2, 0.25) is 10.0 Å². The molecule has 1 aromatic rings. The van der Waals surface area contributed by atoms with Crippen molar-refractivity contribution in [3.05, 3.63) is 17.0 Å². The molecule has 7 heteroatoms. The minimum absolute atomic E-state index is 0.0516. The Balaban J connectivity index is 2.69. The molecule has 0 bridgehead atoms. The van der Waals surface area contributed by atoms with E-state index < -0.39 is 10.0 Å². The summed E-state index contributed by atoms with van der Waals surface area (Å²) in [5, 5.41) is 5.06. The van der Waals surface area contributed by atoms with Crippen LogP contribution in [0.2, 0.25) is 0 Å². The number of nitrogens with one attached hydrogen (secondary N) is 2. The van der Waals surface area contributed by atoms with Crippen molar-refractivity contribution in [2.75, 3.05) is 18.6 Å². The van der Waals surface area contributed by atoms with E-state index in [1.807, 2.05) is 25.5 Å². The second kappa shape index (κ2) is 7.49. The molecule has 0 aliphatic rings. The molecule has 2 N–H and O–H groups in total. The van der Waals surface area contributed by atoms with Gasteiger partial charge in [0.1, 0.15) is 4.21 Å². The molecule has 0 aromatic carbocycles. The Labute approximate surface area is 118 Å². The lowest BCUT2D eigenvalue weighted by atomic mass is 10.3. The molecule has 1 heterocycles. The van der Waals surface area contributed by atoms with Crippen molar-refractivity contribution < 1.29 is 8.42 Å². The summed E-state index contributed by atoms with van der Waals surface area (Å²) >= 11 is 2.90. The Kier molecular flexibility index (Phi) is 6.65. The molecule has 0 aliphatic carbocycles. The molecule has 18 heavy (non-hydrogen) atoms. The van der Waals surface area contributed by atoms with Crippen LogP contribution in [0.15, 0.2) is 15.7 Å². The molecule has 4 nitrogen and oxygen atoms in total. The number of thioether (sulfide) groups is 1. The smallest absolute Gasteiger partial charge is 0.250 e.